The molecule has 0 aliphatic carbocycles. The first kappa shape index (κ1) is 37.1. The Morgan fingerprint density at radius 3 is 2.02 bits per heavy atom. The number of aryl methyl sites for hydroxylation is 1. The fourth-order valence-electron chi connectivity index (χ4n) is 6.79. The van der Waals surface area contributed by atoms with Gasteiger partial charge in [0.2, 0.25) is 0 Å². The summed E-state index contributed by atoms with van der Waals surface area (Å²) in [5.74, 6) is 0.526. The van der Waals surface area contributed by atoms with Crippen LogP contribution in [0.25, 0.3) is 0 Å². The highest BCUT2D eigenvalue weighted by molar-refractivity contribution is 7.79. The first-order chi connectivity index (χ1) is 25.0. The third-order valence-electron chi connectivity index (χ3n) is 9.27. The molecule has 0 radical (unpaired) electrons. The Kier molecular flexibility index (Phi) is 11.7. The van der Waals surface area contributed by atoms with Gasteiger partial charge >= 0.3 is 10.9 Å². The molecule has 4 atom stereocenters. The maximum absolute atomic E-state index is 13.2. The number of rotatable bonds is 12. The lowest BCUT2D eigenvalue weighted by Crippen LogP contribution is -2.69. The molecule has 0 spiro atoms. The van der Waals surface area contributed by atoms with Gasteiger partial charge < -0.3 is 23.4 Å². The predicted octanol–water partition coefficient (Wildman–Crippen LogP) is 6.04. The van der Waals surface area contributed by atoms with Gasteiger partial charge in [0.25, 0.3) is 13.9 Å². The summed E-state index contributed by atoms with van der Waals surface area (Å²) in [5, 5.41) is 1.72. The Bertz CT molecular complexity index is 2000. The molecule has 5 aromatic rings. The molecule has 1 aliphatic heterocycles. The van der Waals surface area contributed by atoms with Gasteiger partial charge in [0.1, 0.15) is 24.2 Å². The van der Waals surface area contributed by atoms with Crippen molar-refractivity contribution in [2.75, 3.05) is 6.61 Å². The zero-order chi connectivity index (χ0) is 36.7. The zero-order valence-corrected chi connectivity index (χ0v) is 31.6. The summed E-state index contributed by atoms with van der Waals surface area (Å²) in [5.41, 5.74) is 0.340. The van der Waals surface area contributed by atoms with Crippen LogP contribution in [-0.4, -0.2) is 48.0 Å². The van der Waals surface area contributed by atoms with Crippen LogP contribution in [0.2, 0.25) is 5.04 Å². The highest BCUT2D eigenvalue weighted by atomic mass is 32.1. The minimum absolute atomic E-state index is 0.0927. The second-order valence-electron chi connectivity index (χ2n) is 13.9. The SMILES string of the molecule is Cc1cn([C@H]2C[C@H](OC(=S)Oc3ccccc3)[C@@H](C(COCc3ccccc3)O[Si](c3ccccc3)(c3ccccc3)C(C)(C)C)O2)c(=O)[nH]c1=O. The van der Waals surface area contributed by atoms with Crippen molar-refractivity contribution in [3.63, 3.8) is 0 Å². The molecule has 1 unspecified atom stereocenters. The number of H-pyrrole nitrogens is 1. The largest absolute Gasteiger partial charge is 0.450 e. The third kappa shape index (κ3) is 8.35. The maximum Gasteiger partial charge on any atom is 0.358 e. The van der Waals surface area contributed by atoms with Crippen LogP contribution in [0.4, 0.5) is 0 Å². The lowest BCUT2D eigenvalue weighted by molar-refractivity contribution is -0.100. The highest BCUT2D eigenvalue weighted by Crippen LogP contribution is 2.40. The molecule has 0 bridgehead atoms. The molecule has 11 heteroatoms. The molecule has 1 fully saturated rings. The van der Waals surface area contributed by atoms with E-state index in [1.165, 1.54) is 10.8 Å². The molecule has 1 aliphatic rings. The summed E-state index contributed by atoms with van der Waals surface area (Å²) in [6, 6.07) is 39.7. The van der Waals surface area contributed by atoms with Gasteiger partial charge in [-0.3, -0.25) is 14.3 Å². The molecule has 1 saturated heterocycles. The van der Waals surface area contributed by atoms with Gasteiger partial charge in [-0.15, -0.1) is 0 Å². The molecule has 1 aromatic heterocycles. The Morgan fingerprint density at radius 1 is 0.885 bits per heavy atom. The molecule has 6 rings (SSSR count). The molecular formula is C41H44N2O7SSi. The molecule has 9 nitrogen and oxygen atoms in total. The number of nitrogens with zero attached hydrogens (tertiary/aromatic N) is 1. The van der Waals surface area contributed by atoms with E-state index in [0.717, 1.165) is 15.9 Å². The van der Waals surface area contributed by atoms with Crippen LogP contribution in [0.3, 0.4) is 0 Å². The monoisotopic (exact) mass is 736 g/mol. The van der Waals surface area contributed by atoms with E-state index in [1.807, 2.05) is 84.9 Å². The summed E-state index contributed by atoms with van der Waals surface area (Å²) in [6.07, 6.45) is -1.29. The molecule has 4 aromatic carbocycles. The molecule has 270 valence electrons. The first-order valence-corrected chi connectivity index (χ1v) is 19.7. The molecule has 0 saturated carbocycles. The van der Waals surface area contributed by atoms with Gasteiger partial charge in [-0.25, -0.2) is 4.79 Å². The van der Waals surface area contributed by atoms with Crippen LogP contribution < -0.4 is 26.4 Å². The van der Waals surface area contributed by atoms with Crippen LogP contribution >= 0.6 is 12.2 Å². The van der Waals surface area contributed by atoms with Crippen molar-refractivity contribution in [1.82, 2.24) is 9.55 Å². The number of aromatic amines is 1. The second-order valence-corrected chi connectivity index (χ2v) is 18.5. The standard InChI is InChI=1S/C41H44N2O7SSi/c1-29-26-43(39(45)42-38(29)44)36-25-34(48-40(51)47-31-19-11-6-12-20-31)37(49-36)35(28-46-27-30-17-9-5-10-18-30)50-52(41(2,3)4,32-21-13-7-14-22-32)33-23-15-8-16-24-33/h5-24,26,34-37H,25,27-28H2,1-4H3,(H,42,44,45)/t34-,35?,36+,37-/m0/s1. The number of nitrogens with one attached hydrogen (secondary N) is 1. The van der Waals surface area contributed by atoms with Crippen molar-refractivity contribution >= 4 is 36.1 Å². The van der Waals surface area contributed by atoms with Gasteiger partial charge in [0.15, 0.2) is 0 Å². The van der Waals surface area contributed by atoms with E-state index >= 15 is 0 Å². The average Bonchev–Trinajstić information content (AvgIpc) is 3.55. The Balaban J connectivity index is 1.44. The molecule has 52 heavy (non-hydrogen) atoms. The van der Waals surface area contributed by atoms with Crippen LogP contribution in [0.5, 0.6) is 5.75 Å². The van der Waals surface area contributed by atoms with E-state index in [0.29, 0.717) is 17.9 Å². The molecule has 1 N–H and O–H groups in total. The Labute approximate surface area is 310 Å². The molecule has 0 amide bonds. The Hall–Kier alpha value is -4.65. The third-order valence-corrected chi connectivity index (χ3v) is 14.5. The van der Waals surface area contributed by atoms with Crippen molar-refractivity contribution in [3.05, 3.63) is 159 Å². The van der Waals surface area contributed by atoms with Crippen LogP contribution in [-0.2, 0) is 25.2 Å². The highest BCUT2D eigenvalue weighted by Gasteiger charge is 2.54. The number of thiocarbonyl (C=S) groups is 1. The fourth-order valence-corrected chi connectivity index (χ4v) is 11.7. The topological polar surface area (TPSA) is 101 Å². The lowest BCUT2D eigenvalue weighted by atomic mass is 10.1. The summed E-state index contributed by atoms with van der Waals surface area (Å²) in [6.45, 7) is 8.75. The summed E-state index contributed by atoms with van der Waals surface area (Å²) in [4.78, 5) is 27.9. The van der Waals surface area contributed by atoms with Gasteiger partial charge in [-0.05, 0) is 40.0 Å². The minimum atomic E-state index is -3.16. The first-order valence-electron chi connectivity index (χ1n) is 17.4. The van der Waals surface area contributed by atoms with Gasteiger partial charge in [0.05, 0.1) is 19.3 Å². The van der Waals surface area contributed by atoms with Gasteiger partial charge in [-0.2, -0.15) is 0 Å². The van der Waals surface area contributed by atoms with Crippen molar-refractivity contribution in [3.8, 4) is 5.75 Å². The lowest BCUT2D eigenvalue weighted by Gasteiger charge is -2.46. The number of hydrogen-bond acceptors (Lipinski definition) is 8. The van der Waals surface area contributed by atoms with E-state index in [1.54, 1.807) is 19.1 Å². The number of aromatic nitrogens is 2. The van der Waals surface area contributed by atoms with E-state index in [9.17, 15) is 9.59 Å². The van der Waals surface area contributed by atoms with Gasteiger partial charge in [-0.1, -0.05) is 130 Å². The predicted molar refractivity (Wildman–Crippen MR) is 208 cm³/mol. The smallest absolute Gasteiger partial charge is 0.358 e. The fraction of sp³-hybridized carbons (Fsp3) is 0.293. The summed E-state index contributed by atoms with van der Waals surface area (Å²) >= 11 is 5.63. The second kappa shape index (κ2) is 16.4. The van der Waals surface area contributed by atoms with E-state index in [2.05, 4.69) is 50.0 Å². The van der Waals surface area contributed by atoms with Crippen molar-refractivity contribution in [2.24, 2.45) is 0 Å². The zero-order valence-electron chi connectivity index (χ0n) is 29.8. The maximum atomic E-state index is 13.2. The van der Waals surface area contributed by atoms with Crippen LogP contribution in [0.1, 0.15) is 44.5 Å². The van der Waals surface area contributed by atoms with E-state index in [4.69, 9.17) is 35.6 Å². The van der Waals surface area contributed by atoms with Crippen LogP contribution in [0.15, 0.2) is 137 Å². The van der Waals surface area contributed by atoms with Crippen molar-refractivity contribution < 1.29 is 23.4 Å². The summed E-state index contributed by atoms with van der Waals surface area (Å²) < 4.78 is 34.6. The average molecular weight is 737 g/mol. The minimum Gasteiger partial charge on any atom is -0.450 e. The number of benzene rings is 4. The van der Waals surface area contributed by atoms with E-state index < -0.39 is 44.1 Å². The van der Waals surface area contributed by atoms with E-state index in [-0.39, 0.29) is 23.3 Å². The number of hydrogen-bond donors (Lipinski definition) is 1. The van der Waals surface area contributed by atoms with Crippen LogP contribution in [0, 0.1) is 6.92 Å². The quantitative estimate of drug-likeness (QED) is 0.122. The molecular weight excluding hydrogens is 693 g/mol. The Morgan fingerprint density at radius 2 is 1.44 bits per heavy atom. The summed E-state index contributed by atoms with van der Waals surface area (Å²) in [7, 11) is -3.16. The normalized spacial score (nSPS) is 18.1. The van der Waals surface area contributed by atoms with Crippen molar-refractivity contribution in [1.29, 1.82) is 0 Å². The van der Waals surface area contributed by atoms with Gasteiger partial charge in [0, 0.05) is 30.4 Å². The van der Waals surface area contributed by atoms with Crippen molar-refractivity contribution in [2.45, 2.75) is 70.3 Å². The molecule has 2 heterocycles. The number of ether oxygens (including phenoxy) is 4. The number of para-hydroxylation sites is 1.